The van der Waals surface area contributed by atoms with Gasteiger partial charge >= 0.3 is 6.03 Å². The van der Waals surface area contributed by atoms with Gasteiger partial charge in [0.05, 0.1) is 0 Å². The van der Waals surface area contributed by atoms with E-state index in [0.717, 1.165) is 38.6 Å². The number of carbonyl (C=O) groups is 2. The summed E-state index contributed by atoms with van der Waals surface area (Å²) in [6.45, 7) is 2.17. The van der Waals surface area contributed by atoms with Crippen LogP contribution in [-0.2, 0) is 4.79 Å². The Hall–Kier alpha value is -2.11. The number of likely N-dealkylation sites (tertiary alicyclic amines) is 1. The first-order chi connectivity index (χ1) is 11.6. The first-order valence-electron chi connectivity index (χ1n) is 8.71. The van der Waals surface area contributed by atoms with Crippen molar-refractivity contribution < 1.29 is 14.0 Å². The Labute approximate surface area is 141 Å². The highest BCUT2D eigenvalue weighted by Gasteiger charge is 2.29. The van der Waals surface area contributed by atoms with Gasteiger partial charge in [0, 0.05) is 31.2 Å². The number of piperidine rings is 1. The first kappa shape index (κ1) is 16.7. The SMILES string of the molecule is O=C(NCCC1CCN(C(=O)Nc2ccc(F)cc2)CC1)C1CC1. The summed E-state index contributed by atoms with van der Waals surface area (Å²) in [5.41, 5.74) is 0.603. The second-order valence-electron chi connectivity index (χ2n) is 6.72. The maximum absolute atomic E-state index is 12.9. The molecule has 3 amide bonds. The molecule has 0 spiro atoms. The van der Waals surface area contributed by atoms with Crippen molar-refractivity contribution in [3.8, 4) is 0 Å². The molecule has 2 N–H and O–H groups in total. The molecule has 1 saturated carbocycles. The van der Waals surface area contributed by atoms with Crippen LogP contribution in [0.2, 0.25) is 0 Å². The Morgan fingerprint density at radius 1 is 1.08 bits per heavy atom. The second kappa shape index (κ2) is 7.64. The molecule has 130 valence electrons. The molecule has 0 bridgehead atoms. The summed E-state index contributed by atoms with van der Waals surface area (Å²) in [6.07, 6.45) is 4.96. The smallest absolute Gasteiger partial charge is 0.321 e. The molecule has 3 rings (SSSR count). The molecule has 1 aromatic carbocycles. The number of hydrogen-bond donors (Lipinski definition) is 2. The average molecular weight is 333 g/mol. The topological polar surface area (TPSA) is 61.4 Å². The number of rotatable bonds is 5. The summed E-state index contributed by atoms with van der Waals surface area (Å²) in [6, 6.07) is 5.64. The number of benzene rings is 1. The van der Waals surface area contributed by atoms with E-state index in [1.165, 1.54) is 12.1 Å². The van der Waals surface area contributed by atoms with Crippen LogP contribution in [0.1, 0.15) is 32.1 Å². The van der Waals surface area contributed by atoms with Crippen LogP contribution < -0.4 is 10.6 Å². The summed E-state index contributed by atoms with van der Waals surface area (Å²) in [7, 11) is 0. The van der Waals surface area contributed by atoms with Crippen molar-refractivity contribution in [2.45, 2.75) is 32.1 Å². The van der Waals surface area contributed by atoms with E-state index in [1.807, 2.05) is 0 Å². The lowest BCUT2D eigenvalue weighted by molar-refractivity contribution is -0.122. The number of anilines is 1. The average Bonchev–Trinajstić information content (AvgIpc) is 3.42. The highest BCUT2D eigenvalue weighted by atomic mass is 19.1. The van der Waals surface area contributed by atoms with Crippen molar-refractivity contribution in [3.63, 3.8) is 0 Å². The quantitative estimate of drug-likeness (QED) is 0.870. The third-order valence-electron chi connectivity index (χ3n) is 4.80. The first-order valence-corrected chi connectivity index (χ1v) is 8.71. The van der Waals surface area contributed by atoms with Crippen molar-refractivity contribution in [2.75, 3.05) is 25.0 Å². The molecule has 0 unspecified atom stereocenters. The molecule has 1 heterocycles. The van der Waals surface area contributed by atoms with E-state index in [4.69, 9.17) is 0 Å². The van der Waals surface area contributed by atoms with Gasteiger partial charge in [0.1, 0.15) is 5.82 Å². The summed E-state index contributed by atoms with van der Waals surface area (Å²) >= 11 is 0. The number of amides is 3. The van der Waals surface area contributed by atoms with Crippen molar-refractivity contribution >= 4 is 17.6 Å². The number of hydrogen-bond acceptors (Lipinski definition) is 2. The van der Waals surface area contributed by atoms with E-state index in [0.29, 0.717) is 24.7 Å². The zero-order chi connectivity index (χ0) is 16.9. The summed E-state index contributed by atoms with van der Waals surface area (Å²) in [4.78, 5) is 25.6. The molecule has 1 saturated heterocycles. The lowest BCUT2D eigenvalue weighted by Gasteiger charge is -2.32. The molecule has 6 heteroatoms. The fourth-order valence-electron chi connectivity index (χ4n) is 3.05. The molecule has 1 aromatic rings. The van der Waals surface area contributed by atoms with Crippen molar-refractivity contribution in [2.24, 2.45) is 11.8 Å². The molecule has 0 radical (unpaired) electrons. The highest BCUT2D eigenvalue weighted by molar-refractivity contribution is 5.89. The number of carbonyl (C=O) groups excluding carboxylic acids is 2. The fourth-order valence-corrected chi connectivity index (χ4v) is 3.05. The van der Waals surface area contributed by atoms with E-state index in [9.17, 15) is 14.0 Å². The van der Waals surface area contributed by atoms with Gasteiger partial charge in [-0.1, -0.05) is 0 Å². The van der Waals surface area contributed by atoms with Crippen LogP contribution >= 0.6 is 0 Å². The second-order valence-corrected chi connectivity index (χ2v) is 6.72. The van der Waals surface area contributed by atoms with Crippen LogP contribution in [0.4, 0.5) is 14.9 Å². The van der Waals surface area contributed by atoms with Crippen molar-refractivity contribution in [3.05, 3.63) is 30.1 Å². The van der Waals surface area contributed by atoms with Crippen LogP contribution in [-0.4, -0.2) is 36.5 Å². The fraction of sp³-hybridized carbons (Fsp3) is 0.556. The minimum absolute atomic E-state index is 0.137. The molecule has 24 heavy (non-hydrogen) atoms. The monoisotopic (exact) mass is 333 g/mol. The molecule has 5 nitrogen and oxygen atoms in total. The van der Waals surface area contributed by atoms with Crippen LogP contribution in [0.5, 0.6) is 0 Å². The summed E-state index contributed by atoms with van der Waals surface area (Å²) < 4.78 is 12.9. The predicted octanol–water partition coefficient (Wildman–Crippen LogP) is 2.99. The zero-order valence-electron chi connectivity index (χ0n) is 13.8. The minimum atomic E-state index is -0.317. The Balaban J connectivity index is 1.35. The van der Waals surface area contributed by atoms with Gasteiger partial charge in [0.15, 0.2) is 0 Å². The van der Waals surface area contributed by atoms with Gasteiger partial charge < -0.3 is 15.5 Å². The van der Waals surface area contributed by atoms with Gasteiger partial charge in [-0.05, 0) is 62.3 Å². The largest absolute Gasteiger partial charge is 0.356 e. The molecular weight excluding hydrogens is 309 g/mol. The van der Waals surface area contributed by atoms with Gasteiger partial charge in [-0.3, -0.25) is 4.79 Å². The maximum Gasteiger partial charge on any atom is 0.321 e. The van der Waals surface area contributed by atoms with Gasteiger partial charge in [-0.2, -0.15) is 0 Å². The zero-order valence-corrected chi connectivity index (χ0v) is 13.8. The van der Waals surface area contributed by atoms with E-state index >= 15 is 0 Å². The third kappa shape index (κ3) is 4.69. The minimum Gasteiger partial charge on any atom is -0.356 e. The molecule has 2 aliphatic rings. The Morgan fingerprint density at radius 3 is 2.38 bits per heavy atom. The lowest BCUT2D eigenvalue weighted by Crippen LogP contribution is -2.41. The summed E-state index contributed by atoms with van der Waals surface area (Å²) in [5.74, 6) is 0.704. The normalized spacial score (nSPS) is 18.3. The van der Waals surface area contributed by atoms with Gasteiger partial charge in [-0.25, -0.2) is 9.18 Å². The van der Waals surface area contributed by atoms with Crippen LogP contribution in [0.25, 0.3) is 0 Å². The van der Waals surface area contributed by atoms with E-state index in [1.54, 1.807) is 17.0 Å². The van der Waals surface area contributed by atoms with Crippen molar-refractivity contribution in [1.82, 2.24) is 10.2 Å². The van der Waals surface area contributed by atoms with E-state index in [-0.39, 0.29) is 23.7 Å². The number of nitrogens with zero attached hydrogens (tertiary/aromatic N) is 1. The van der Waals surface area contributed by atoms with Crippen LogP contribution in [0.15, 0.2) is 24.3 Å². The maximum atomic E-state index is 12.9. The Kier molecular flexibility index (Phi) is 5.33. The number of nitrogens with one attached hydrogen (secondary N) is 2. The van der Waals surface area contributed by atoms with Gasteiger partial charge in [-0.15, -0.1) is 0 Å². The molecule has 1 aliphatic carbocycles. The third-order valence-corrected chi connectivity index (χ3v) is 4.80. The van der Waals surface area contributed by atoms with E-state index in [2.05, 4.69) is 10.6 Å². The molecule has 1 aliphatic heterocycles. The lowest BCUT2D eigenvalue weighted by atomic mass is 9.93. The molecule has 0 atom stereocenters. The number of urea groups is 1. The Morgan fingerprint density at radius 2 is 1.75 bits per heavy atom. The molecule has 0 aromatic heterocycles. The molecular formula is C18H24FN3O2. The number of halogens is 1. The highest BCUT2D eigenvalue weighted by Crippen LogP contribution is 2.29. The predicted molar refractivity (Wildman–Crippen MR) is 90.1 cm³/mol. The molecule has 2 fully saturated rings. The summed E-state index contributed by atoms with van der Waals surface area (Å²) in [5, 5.41) is 5.80. The standard InChI is InChI=1S/C18H24FN3O2/c19-15-3-5-16(6-4-15)21-18(24)22-11-8-13(9-12-22)7-10-20-17(23)14-1-2-14/h3-6,13-14H,1-2,7-12H2,(H,20,23)(H,21,24). The Bertz CT molecular complexity index is 578. The van der Waals surface area contributed by atoms with Crippen LogP contribution in [0.3, 0.4) is 0 Å². The van der Waals surface area contributed by atoms with Gasteiger partial charge in [0.25, 0.3) is 0 Å². The van der Waals surface area contributed by atoms with Gasteiger partial charge in [0.2, 0.25) is 5.91 Å². The van der Waals surface area contributed by atoms with Crippen LogP contribution in [0, 0.1) is 17.7 Å². The van der Waals surface area contributed by atoms with Crippen molar-refractivity contribution in [1.29, 1.82) is 0 Å². The van der Waals surface area contributed by atoms with E-state index < -0.39 is 0 Å².